The number of pyridine rings is 1. The number of rotatable bonds is 3. The molecule has 2 aromatic heterocycles. The second kappa shape index (κ2) is 9.00. The number of likely N-dealkylation sites (tertiary alicyclic amines) is 1. The number of hydrogen-bond acceptors (Lipinski definition) is 5. The van der Waals surface area contributed by atoms with E-state index in [0.29, 0.717) is 18.9 Å². The fraction of sp³-hybridized carbons (Fsp3) is 0.296. The molecule has 5 rings (SSSR count). The van der Waals surface area contributed by atoms with Gasteiger partial charge in [0.25, 0.3) is 0 Å². The molecule has 1 saturated heterocycles. The Balaban J connectivity index is 1.47. The molecule has 0 aliphatic carbocycles. The Morgan fingerprint density at radius 1 is 1.14 bits per heavy atom. The molecule has 1 atom stereocenters. The topological polar surface area (TPSA) is 86.3 Å². The van der Waals surface area contributed by atoms with Gasteiger partial charge in [0.2, 0.25) is 0 Å². The zero-order chi connectivity index (χ0) is 24.7. The van der Waals surface area contributed by atoms with Gasteiger partial charge in [-0.25, -0.2) is 14.8 Å². The summed E-state index contributed by atoms with van der Waals surface area (Å²) in [4.78, 5) is 23.4. The van der Waals surface area contributed by atoms with Crippen molar-refractivity contribution in [3.8, 4) is 17.1 Å². The van der Waals surface area contributed by atoms with E-state index in [1.807, 2.05) is 45.0 Å². The molecule has 4 aromatic rings. The third-order valence-electron chi connectivity index (χ3n) is 6.16. The number of imidazole rings is 1. The van der Waals surface area contributed by atoms with Gasteiger partial charge in [-0.3, -0.25) is 4.57 Å². The van der Waals surface area contributed by atoms with Crippen molar-refractivity contribution in [2.75, 3.05) is 18.8 Å². The number of nitrogens with two attached hydrogens (primary N) is 1. The van der Waals surface area contributed by atoms with Crippen molar-refractivity contribution >= 4 is 38.9 Å². The van der Waals surface area contributed by atoms with Crippen molar-refractivity contribution in [2.24, 2.45) is 0 Å². The minimum absolute atomic E-state index is 0.245. The Morgan fingerprint density at radius 3 is 2.63 bits per heavy atom. The van der Waals surface area contributed by atoms with Crippen molar-refractivity contribution in [3.63, 3.8) is 0 Å². The predicted molar refractivity (Wildman–Crippen MR) is 142 cm³/mol. The number of halogens is 1. The summed E-state index contributed by atoms with van der Waals surface area (Å²) in [5, 5.41) is 0. The molecule has 35 heavy (non-hydrogen) atoms. The highest BCUT2D eigenvalue weighted by Gasteiger charge is 2.30. The maximum absolute atomic E-state index is 12.5. The second-order valence-electron chi connectivity index (χ2n) is 9.84. The maximum atomic E-state index is 12.5. The van der Waals surface area contributed by atoms with E-state index in [2.05, 4.69) is 55.8 Å². The minimum Gasteiger partial charge on any atom is -0.444 e. The molecule has 180 valence electrons. The average molecular weight is 534 g/mol. The average Bonchev–Trinajstić information content (AvgIpc) is 3.44. The predicted octanol–water partition coefficient (Wildman–Crippen LogP) is 6.16. The van der Waals surface area contributed by atoms with Crippen LogP contribution in [0.3, 0.4) is 0 Å². The summed E-state index contributed by atoms with van der Waals surface area (Å²) >= 11 is 3.59. The molecule has 3 heterocycles. The standard InChI is InChI=1S/C27H28BrN5O2/c1-27(2,3)35-26(34)32-14-12-18(16-32)17-6-9-20(10-7-17)33-23-15-19(28)8-11-22(23)31-25(33)21-5-4-13-30-24(21)29/h4-11,13,15,18H,12,14,16H2,1-3H3,(H2,29,30). The Bertz CT molecular complexity index is 1390. The van der Waals surface area contributed by atoms with Crippen LogP contribution >= 0.6 is 15.9 Å². The summed E-state index contributed by atoms with van der Waals surface area (Å²) in [7, 11) is 0. The van der Waals surface area contributed by atoms with Crippen LogP contribution in [0.15, 0.2) is 65.3 Å². The van der Waals surface area contributed by atoms with Crippen LogP contribution in [0.5, 0.6) is 0 Å². The highest BCUT2D eigenvalue weighted by molar-refractivity contribution is 9.10. The van der Waals surface area contributed by atoms with Gasteiger partial charge in [-0.15, -0.1) is 0 Å². The van der Waals surface area contributed by atoms with Gasteiger partial charge in [0.05, 0.1) is 16.6 Å². The van der Waals surface area contributed by atoms with Gasteiger partial charge in [0, 0.05) is 35.4 Å². The molecule has 0 radical (unpaired) electrons. The first kappa shape index (κ1) is 23.4. The van der Waals surface area contributed by atoms with Gasteiger partial charge < -0.3 is 15.4 Å². The van der Waals surface area contributed by atoms with Crippen molar-refractivity contribution in [1.82, 2.24) is 19.4 Å². The van der Waals surface area contributed by atoms with Crippen LogP contribution in [-0.4, -0.2) is 44.2 Å². The van der Waals surface area contributed by atoms with E-state index in [1.165, 1.54) is 5.56 Å². The van der Waals surface area contributed by atoms with E-state index < -0.39 is 5.60 Å². The quantitative estimate of drug-likeness (QED) is 0.341. The van der Waals surface area contributed by atoms with Crippen LogP contribution in [0, 0.1) is 0 Å². The van der Waals surface area contributed by atoms with E-state index >= 15 is 0 Å². The Kier molecular flexibility index (Phi) is 6.01. The molecular weight excluding hydrogens is 506 g/mol. The summed E-state index contributed by atoms with van der Waals surface area (Å²) in [6, 6.07) is 18.3. The van der Waals surface area contributed by atoms with Gasteiger partial charge >= 0.3 is 6.09 Å². The van der Waals surface area contributed by atoms with Crippen LogP contribution in [-0.2, 0) is 4.74 Å². The van der Waals surface area contributed by atoms with Crippen molar-refractivity contribution in [2.45, 2.75) is 38.7 Å². The molecule has 0 saturated carbocycles. The molecule has 2 aromatic carbocycles. The smallest absolute Gasteiger partial charge is 0.410 e. The summed E-state index contributed by atoms with van der Waals surface area (Å²) < 4.78 is 8.63. The third-order valence-corrected chi connectivity index (χ3v) is 6.65. The molecule has 7 nitrogen and oxygen atoms in total. The van der Waals surface area contributed by atoms with E-state index in [0.717, 1.165) is 39.0 Å². The van der Waals surface area contributed by atoms with E-state index in [9.17, 15) is 4.79 Å². The van der Waals surface area contributed by atoms with E-state index in [1.54, 1.807) is 11.1 Å². The number of amides is 1. The first-order valence-corrected chi connectivity index (χ1v) is 12.5. The van der Waals surface area contributed by atoms with Gasteiger partial charge in [-0.05, 0) is 75.2 Å². The Hall–Kier alpha value is -3.39. The molecule has 1 unspecified atom stereocenters. The lowest BCUT2D eigenvalue weighted by molar-refractivity contribution is 0.0292. The molecule has 1 aliphatic rings. The molecular formula is C27H28BrN5O2. The number of anilines is 1. The lowest BCUT2D eigenvalue weighted by atomic mass is 9.98. The fourth-order valence-electron chi connectivity index (χ4n) is 4.52. The van der Waals surface area contributed by atoms with Crippen LogP contribution in [0.2, 0.25) is 0 Å². The molecule has 8 heteroatoms. The summed E-state index contributed by atoms with van der Waals surface area (Å²) in [6.07, 6.45) is 2.35. The second-order valence-corrected chi connectivity index (χ2v) is 10.8. The summed E-state index contributed by atoms with van der Waals surface area (Å²) in [6.45, 7) is 7.04. The number of fused-ring (bicyclic) bond motifs is 1. The number of aromatic nitrogens is 3. The number of benzene rings is 2. The molecule has 1 fully saturated rings. The number of carbonyl (C=O) groups is 1. The molecule has 2 N–H and O–H groups in total. The Labute approximate surface area is 213 Å². The first-order valence-electron chi connectivity index (χ1n) is 11.7. The molecule has 0 spiro atoms. The highest BCUT2D eigenvalue weighted by atomic mass is 79.9. The van der Waals surface area contributed by atoms with E-state index in [4.69, 9.17) is 15.5 Å². The van der Waals surface area contributed by atoms with Gasteiger partial charge in [0.1, 0.15) is 17.2 Å². The number of carbonyl (C=O) groups excluding carboxylic acids is 1. The SMILES string of the molecule is CC(C)(C)OC(=O)N1CCC(c2ccc(-n3c(-c4cccnc4N)nc4ccc(Br)cc43)cc2)C1. The van der Waals surface area contributed by atoms with Crippen LogP contribution < -0.4 is 5.73 Å². The van der Waals surface area contributed by atoms with Crippen molar-refractivity contribution in [1.29, 1.82) is 0 Å². The molecule has 0 bridgehead atoms. The van der Waals surface area contributed by atoms with Crippen LogP contribution in [0.25, 0.3) is 28.1 Å². The lowest BCUT2D eigenvalue weighted by Gasteiger charge is -2.24. The number of nitrogen functional groups attached to an aromatic ring is 1. The van der Waals surface area contributed by atoms with Gasteiger partial charge in [-0.1, -0.05) is 28.1 Å². The van der Waals surface area contributed by atoms with Gasteiger partial charge in [0.15, 0.2) is 0 Å². The first-order chi connectivity index (χ1) is 16.7. The largest absolute Gasteiger partial charge is 0.444 e. The summed E-state index contributed by atoms with van der Waals surface area (Å²) in [5.74, 6) is 1.46. The normalized spacial score (nSPS) is 16.1. The number of hydrogen-bond donors (Lipinski definition) is 1. The third kappa shape index (κ3) is 4.75. The van der Waals surface area contributed by atoms with Crippen molar-refractivity contribution in [3.05, 3.63) is 70.8 Å². The van der Waals surface area contributed by atoms with Crippen LogP contribution in [0.1, 0.15) is 38.7 Å². The Morgan fingerprint density at radius 2 is 1.91 bits per heavy atom. The number of nitrogens with zero attached hydrogens (tertiary/aromatic N) is 4. The van der Waals surface area contributed by atoms with Crippen LogP contribution in [0.4, 0.5) is 10.6 Å². The number of ether oxygens (including phenoxy) is 1. The minimum atomic E-state index is -0.491. The monoisotopic (exact) mass is 533 g/mol. The zero-order valence-electron chi connectivity index (χ0n) is 20.0. The molecule has 1 amide bonds. The summed E-state index contributed by atoms with van der Waals surface area (Å²) in [5.41, 5.74) is 10.5. The highest BCUT2D eigenvalue weighted by Crippen LogP contribution is 2.34. The van der Waals surface area contributed by atoms with Gasteiger partial charge in [-0.2, -0.15) is 0 Å². The molecule has 1 aliphatic heterocycles. The van der Waals surface area contributed by atoms with Crippen molar-refractivity contribution < 1.29 is 9.53 Å². The van der Waals surface area contributed by atoms with E-state index in [-0.39, 0.29) is 12.0 Å². The lowest BCUT2D eigenvalue weighted by Crippen LogP contribution is -2.35. The fourth-order valence-corrected chi connectivity index (χ4v) is 4.87. The maximum Gasteiger partial charge on any atom is 0.410 e. The zero-order valence-corrected chi connectivity index (χ0v) is 21.6.